The Morgan fingerprint density at radius 2 is 1.92 bits per heavy atom. The quantitative estimate of drug-likeness (QED) is 0.747. The van der Waals surface area contributed by atoms with Crippen molar-refractivity contribution in [2.75, 3.05) is 16.3 Å². The Balaban J connectivity index is 1.95. The van der Waals surface area contributed by atoms with Gasteiger partial charge in [-0.3, -0.25) is 9.52 Å². The van der Waals surface area contributed by atoms with Gasteiger partial charge in [0.05, 0.1) is 6.26 Å². The molecule has 0 bridgehead atoms. The second-order valence-electron chi connectivity index (χ2n) is 7.16. The van der Waals surface area contributed by atoms with E-state index in [9.17, 15) is 13.2 Å². The average Bonchev–Trinajstić information content (AvgIpc) is 2.45. The molecule has 0 unspecified atom stereocenters. The zero-order chi connectivity index (χ0) is 18.0. The number of pyridine rings is 1. The molecule has 1 aliphatic carbocycles. The highest BCUT2D eigenvalue weighted by molar-refractivity contribution is 7.92. The fourth-order valence-corrected chi connectivity index (χ4v) is 3.59. The zero-order valence-corrected chi connectivity index (χ0v) is 15.2. The SMILES string of the molecule is CC(C)(N)C1CCC(C(=O)Nc2ccnc(NS(C)(=O)=O)c2)CC1. The van der Waals surface area contributed by atoms with Gasteiger partial charge in [-0.1, -0.05) is 0 Å². The van der Waals surface area contributed by atoms with E-state index in [-0.39, 0.29) is 23.2 Å². The topological polar surface area (TPSA) is 114 Å². The van der Waals surface area contributed by atoms with Gasteiger partial charge in [0.2, 0.25) is 15.9 Å². The summed E-state index contributed by atoms with van der Waals surface area (Å²) in [4.78, 5) is 16.3. The van der Waals surface area contributed by atoms with Gasteiger partial charge in [0.15, 0.2) is 0 Å². The number of nitrogens with two attached hydrogens (primary N) is 1. The molecule has 1 aromatic heterocycles. The number of amides is 1. The third-order valence-electron chi connectivity index (χ3n) is 4.47. The number of hydrogen-bond donors (Lipinski definition) is 3. The molecule has 1 fully saturated rings. The predicted molar refractivity (Wildman–Crippen MR) is 95.0 cm³/mol. The molecule has 1 aliphatic rings. The molecule has 0 aromatic carbocycles. The van der Waals surface area contributed by atoms with Gasteiger partial charge in [0, 0.05) is 29.4 Å². The van der Waals surface area contributed by atoms with Crippen molar-refractivity contribution in [3.05, 3.63) is 18.3 Å². The van der Waals surface area contributed by atoms with Crippen molar-refractivity contribution in [2.24, 2.45) is 17.6 Å². The third kappa shape index (κ3) is 5.45. The van der Waals surface area contributed by atoms with E-state index in [1.165, 1.54) is 12.3 Å². The minimum atomic E-state index is -3.40. The number of nitrogens with one attached hydrogen (secondary N) is 2. The second-order valence-corrected chi connectivity index (χ2v) is 8.91. The van der Waals surface area contributed by atoms with Crippen LogP contribution in [0.15, 0.2) is 18.3 Å². The smallest absolute Gasteiger partial charge is 0.230 e. The molecule has 0 spiro atoms. The molecular formula is C16H26N4O3S. The minimum absolute atomic E-state index is 0.0388. The van der Waals surface area contributed by atoms with Crippen LogP contribution in [0.5, 0.6) is 0 Å². The molecule has 0 atom stereocenters. The number of carbonyl (C=O) groups excluding carboxylic acids is 1. The summed E-state index contributed by atoms with van der Waals surface area (Å²) in [6.45, 7) is 4.07. The number of carbonyl (C=O) groups is 1. The van der Waals surface area contributed by atoms with Crippen LogP contribution in [-0.2, 0) is 14.8 Å². The van der Waals surface area contributed by atoms with Gasteiger partial charge < -0.3 is 11.1 Å². The highest BCUT2D eigenvalue weighted by Crippen LogP contribution is 2.34. The van der Waals surface area contributed by atoms with E-state index < -0.39 is 10.0 Å². The molecule has 8 heteroatoms. The van der Waals surface area contributed by atoms with Gasteiger partial charge in [-0.2, -0.15) is 0 Å². The molecule has 2 rings (SSSR count). The number of aromatic nitrogens is 1. The van der Waals surface area contributed by atoms with Crippen molar-refractivity contribution in [3.8, 4) is 0 Å². The standard InChI is InChI=1S/C16H26N4O3S/c1-16(2,17)12-6-4-11(5-7-12)15(21)19-13-8-9-18-14(10-13)20-24(3,22)23/h8-12H,4-7,17H2,1-3H3,(H2,18,19,20,21). The maximum absolute atomic E-state index is 12.4. The van der Waals surface area contributed by atoms with Gasteiger partial charge in [-0.25, -0.2) is 13.4 Å². The maximum Gasteiger partial charge on any atom is 0.230 e. The summed E-state index contributed by atoms with van der Waals surface area (Å²) in [6, 6.07) is 3.15. The molecule has 7 nitrogen and oxygen atoms in total. The van der Waals surface area contributed by atoms with E-state index in [4.69, 9.17) is 5.73 Å². The van der Waals surface area contributed by atoms with E-state index in [1.807, 2.05) is 13.8 Å². The first-order valence-corrected chi connectivity index (χ1v) is 9.97. The largest absolute Gasteiger partial charge is 0.326 e. The molecule has 1 heterocycles. The van der Waals surface area contributed by atoms with Gasteiger partial charge in [-0.15, -0.1) is 0 Å². The molecule has 24 heavy (non-hydrogen) atoms. The molecule has 1 aromatic rings. The highest BCUT2D eigenvalue weighted by atomic mass is 32.2. The van der Waals surface area contributed by atoms with Crippen molar-refractivity contribution in [2.45, 2.75) is 45.1 Å². The van der Waals surface area contributed by atoms with Gasteiger partial charge >= 0.3 is 0 Å². The van der Waals surface area contributed by atoms with Crippen molar-refractivity contribution < 1.29 is 13.2 Å². The normalized spacial score (nSPS) is 22.0. The van der Waals surface area contributed by atoms with Crippen molar-refractivity contribution >= 4 is 27.4 Å². The lowest BCUT2D eigenvalue weighted by Gasteiger charge is -2.36. The van der Waals surface area contributed by atoms with Crippen molar-refractivity contribution in [3.63, 3.8) is 0 Å². The molecule has 1 amide bonds. The summed E-state index contributed by atoms with van der Waals surface area (Å²) in [6.07, 6.45) is 6.03. The molecule has 134 valence electrons. The first-order chi connectivity index (χ1) is 11.0. The van der Waals surface area contributed by atoms with E-state index in [1.54, 1.807) is 6.07 Å². The van der Waals surface area contributed by atoms with Crippen LogP contribution in [0.2, 0.25) is 0 Å². The zero-order valence-electron chi connectivity index (χ0n) is 14.4. The lowest BCUT2D eigenvalue weighted by Crippen LogP contribution is -2.43. The molecule has 0 saturated heterocycles. The number of hydrogen-bond acceptors (Lipinski definition) is 5. The van der Waals surface area contributed by atoms with Crippen molar-refractivity contribution in [1.82, 2.24) is 4.98 Å². The summed E-state index contributed by atoms with van der Waals surface area (Å²) in [7, 11) is -3.40. The van der Waals surface area contributed by atoms with Crippen LogP contribution in [0.4, 0.5) is 11.5 Å². The van der Waals surface area contributed by atoms with Gasteiger partial charge in [0.25, 0.3) is 0 Å². The van der Waals surface area contributed by atoms with Gasteiger partial charge in [-0.05, 0) is 51.5 Å². The Kier molecular flexibility index (Phi) is 5.49. The minimum Gasteiger partial charge on any atom is -0.326 e. The second kappa shape index (κ2) is 7.06. The Morgan fingerprint density at radius 3 is 2.46 bits per heavy atom. The van der Waals surface area contributed by atoms with E-state index in [2.05, 4.69) is 15.0 Å². The Labute approximate surface area is 143 Å². The predicted octanol–water partition coefficient (Wildman–Crippen LogP) is 1.94. The molecule has 0 radical (unpaired) electrons. The van der Waals surface area contributed by atoms with Gasteiger partial charge in [0.1, 0.15) is 5.82 Å². The van der Waals surface area contributed by atoms with Crippen LogP contribution in [-0.4, -0.2) is 31.1 Å². The van der Waals surface area contributed by atoms with Crippen LogP contribution in [0.1, 0.15) is 39.5 Å². The Bertz CT molecular complexity index is 690. The first kappa shape index (κ1) is 18.7. The van der Waals surface area contributed by atoms with Crippen LogP contribution >= 0.6 is 0 Å². The van der Waals surface area contributed by atoms with Crippen molar-refractivity contribution in [1.29, 1.82) is 0 Å². The van der Waals surface area contributed by atoms with E-state index in [0.29, 0.717) is 11.6 Å². The summed E-state index contributed by atoms with van der Waals surface area (Å²) < 4.78 is 24.8. The molecule has 0 aliphatic heterocycles. The number of rotatable bonds is 5. The van der Waals surface area contributed by atoms with Crippen LogP contribution in [0.3, 0.4) is 0 Å². The lowest BCUT2D eigenvalue weighted by atomic mass is 9.73. The summed E-state index contributed by atoms with van der Waals surface area (Å²) >= 11 is 0. The Morgan fingerprint density at radius 1 is 1.29 bits per heavy atom. The number of nitrogens with zero attached hydrogens (tertiary/aromatic N) is 1. The lowest BCUT2D eigenvalue weighted by molar-refractivity contribution is -0.121. The number of sulfonamides is 1. The summed E-state index contributed by atoms with van der Waals surface area (Å²) in [5.74, 6) is 0.541. The van der Waals surface area contributed by atoms with E-state index >= 15 is 0 Å². The maximum atomic E-state index is 12.4. The molecule has 4 N–H and O–H groups in total. The molecular weight excluding hydrogens is 328 g/mol. The highest BCUT2D eigenvalue weighted by Gasteiger charge is 2.32. The fourth-order valence-electron chi connectivity index (χ4n) is 3.10. The summed E-state index contributed by atoms with van der Waals surface area (Å²) in [5.41, 5.74) is 6.48. The third-order valence-corrected chi connectivity index (χ3v) is 5.05. The number of anilines is 2. The van der Waals surface area contributed by atoms with Crippen LogP contribution in [0.25, 0.3) is 0 Å². The fraction of sp³-hybridized carbons (Fsp3) is 0.625. The average molecular weight is 354 g/mol. The Hall–Kier alpha value is -1.67. The monoisotopic (exact) mass is 354 g/mol. The van der Waals surface area contributed by atoms with E-state index in [0.717, 1.165) is 31.9 Å². The summed E-state index contributed by atoms with van der Waals surface area (Å²) in [5, 5.41) is 2.85. The molecule has 1 saturated carbocycles. The van der Waals surface area contributed by atoms with Crippen LogP contribution < -0.4 is 15.8 Å². The van der Waals surface area contributed by atoms with Crippen LogP contribution in [0, 0.1) is 11.8 Å². The first-order valence-electron chi connectivity index (χ1n) is 8.08.